The molecule has 0 fully saturated rings. The summed E-state index contributed by atoms with van der Waals surface area (Å²) in [4.78, 5) is 24.2. The average Bonchev–Trinajstić information content (AvgIpc) is 3.39. The number of hydrogen-bond acceptors (Lipinski definition) is 8. The topological polar surface area (TPSA) is 89.5 Å². The number of unbranched alkanes of at least 4 members (excludes halogenated alkanes) is 24. The van der Waals surface area contributed by atoms with Crippen molar-refractivity contribution in [2.45, 2.75) is 200 Å². The van der Waals surface area contributed by atoms with E-state index < -0.39 is 11.9 Å². The smallest absolute Gasteiger partial charge is 0.317 e. The van der Waals surface area contributed by atoms with Gasteiger partial charge in [-0.05, 0) is 109 Å². The molecule has 0 spiro atoms. The molecule has 0 radical (unpaired) electrons. The first-order chi connectivity index (χ1) is 35.0. The lowest BCUT2D eigenvalue weighted by Gasteiger charge is -2.09. The van der Waals surface area contributed by atoms with Crippen LogP contribution >= 0.6 is 0 Å². The highest BCUT2D eigenvalue weighted by Crippen LogP contribution is 2.27. The fourth-order valence-electron chi connectivity index (χ4n) is 8.62. The van der Waals surface area contributed by atoms with Gasteiger partial charge in [0.05, 0.1) is 39.6 Å². The van der Waals surface area contributed by atoms with Crippen molar-refractivity contribution in [3.63, 3.8) is 0 Å². The Hall–Kier alpha value is -4.98. The summed E-state index contributed by atoms with van der Waals surface area (Å²) in [6.07, 6.45) is 32.4. The first-order valence-corrected chi connectivity index (χ1v) is 28.3. The third-order valence-electron chi connectivity index (χ3n) is 13.0. The van der Waals surface area contributed by atoms with E-state index in [4.69, 9.17) is 28.4 Å². The van der Waals surface area contributed by atoms with E-state index in [2.05, 4.69) is 111 Å². The van der Waals surface area contributed by atoms with Crippen molar-refractivity contribution in [2.24, 2.45) is 0 Å². The molecule has 392 valence electrons. The Morgan fingerprint density at radius 3 is 0.690 bits per heavy atom. The molecule has 0 heterocycles. The summed E-state index contributed by atoms with van der Waals surface area (Å²) in [6, 6.07) is 33.5. The minimum atomic E-state index is -0.493. The standard InChI is InChI=1S/C63H92O8/c1-3-5-7-9-19-25-47-66-58-39-31-54(32-40-58)56-35-43-60(44-36-56)68-49-27-21-15-11-13-17-23-29-51-70-62(64)53-63(65)71-52-30-24-18-14-12-16-22-28-50-69-61-45-37-57(38-46-61)55-33-41-59(42-34-55)67-48-26-20-10-8-6-4-2/h31-46H,3-30,47-53H2,1-2H3. The molecule has 0 aliphatic rings. The van der Waals surface area contributed by atoms with Crippen molar-refractivity contribution in [1.82, 2.24) is 0 Å². The Morgan fingerprint density at radius 2 is 0.465 bits per heavy atom. The van der Waals surface area contributed by atoms with Crippen molar-refractivity contribution in [3.05, 3.63) is 97.1 Å². The van der Waals surface area contributed by atoms with E-state index >= 15 is 0 Å². The zero-order valence-electron chi connectivity index (χ0n) is 44.3. The van der Waals surface area contributed by atoms with Gasteiger partial charge in [-0.15, -0.1) is 0 Å². The normalized spacial score (nSPS) is 11.1. The van der Waals surface area contributed by atoms with Gasteiger partial charge in [0.25, 0.3) is 0 Å². The van der Waals surface area contributed by atoms with E-state index in [1.807, 2.05) is 0 Å². The quantitative estimate of drug-likeness (QED) is 0.0246. The maximum absolute atomic E-state index is 12.1. The zero-order chi connectivity index (χ0) is 50.1. The lowest BCUT2D eigenvalue weighted by molar-refractivity contribution is -0.154. The van der Waals surface area contributed by atoms with E-state index in [1.165, 1.54) is 125 Å². The SMILES string of the molecule is CCCCCCCCOc1ccc(-c2ccc(OCCCCCCCCCCOC(=O)CC(=O)OCCCCCCCCCCOc3ccc(-c4ccc(OCCCCCCCC)cc4)cc3)cc2)cc1. The molecule has 71 heavy (non-hydrogen) atoms. The molecule has 4 aromatic rings. The van der Waals surface area contributed by atoms with Crippen LogP contribution in [0.4, 0.5) is 0 Å². The molecule has 8 heteroatoms. The summed E-state index contributed by atoms with van der Waals surface area (Å²) in [6.45, 7) is 8.25. The fourth-order valence-corrected chi connectivity index (χ4v) is 8.62. The predicted octanol–water partition coefficient (Wildman–Crippen LogP) is 17.7. The summed E-state index contributed by atoms with van der Waals surface area (Å²) >= 11 is 0. The average molecular weight is 977 g/mol. The van der Waals surface area contributed by atoms with Gasteiger partial charge in [0.15, 0.2) is 0 Å². The number of carbonyl (C=O) groups excluding carboxylic acids is 2. The Bertz CT molecular complexity index is 1750. The van der Waals surface area contributed by atoms with Crippen LogP contribution in [0.15, 0.2) is 97.1 Å². The van der Waals surface area contributed by atoms with Gasteiger partial charge in [0.1, 0.15) is 29.4 Å². The van der Waals surface area contributed by atoms with Gasteiger partial charge in [0.2, 0.25) is 0 Å². The first kappa shape index (κ1) is 58.6. The van der Waals surface area contributed by atoms with Crippen LogP contribution in [0.5, 0.6) is 23.0 Å². The number of esters is 2. The lowest BCUT2D eigenvalue weighted by atomic mass is 10.1. The van der Waals surface area contributed by atoms with Crippen molar-refractivity contribution in [1.29, 1.82) is 0 Å². The second-order valence-corrected chi connectivity index (χ2v) is 19.3. The van der Waals surface area contributed by atoms with Gasteiger partial charge in [-0.1, -0.05) is 204 Å². The summed E-state index contributed by atoms with van der Waals surface area (Å²) in [7, 11) is 0. The summed E-state index contributed by atoms with van der Waals surface area (Å²) in [5.41, 5.74) is 4.70. The summed E-state index contributed by atoms with van der Waals surface area (Å²) in [5.74, 6) is 2.71. The number of ether oxygens (including phenoxy) is 6. The van der Waals surface area contributed by atoms with Crippen molar-refractivity contribution < 1.29 is 38.0 Å². The summed E-state index contributed by atoms with van der Waals surface area (Å²) in [5, 5.41) is 0. The molecule has 0 N–H and O–H groups in total. The van der Waals surface area contributed by atoms with Gasteiger partial charge in [-0.25, -0.2) is 0 Å². The third-order valence-corrected chi connectivity index (χ3v) is 13.0. The number of carbonyl (C=O) groups is 2. The lowest BCUT2D eigenvalue weighted by Crippen LogP contribution is -2.15. The van der Waals surface area contributed by atoms with Gasteiger partial charge in [-0.3, -0.25) is 9.59 Å². The maximum atomic E-state index is 12.1. The fraction of sp³-hybridized carbons (Fsp3) is 0.587. The Morgan fingerprint density at radius 1 is 0.268 bits per heavy atom. The van der Waals surface area contributed by atoms with E-state index in [0.717, 1.165) is 126 Å². The first-order valence-electron chi connectivity index (χ1n) is 28.3. The minimum Gasteiger partial charge on any atom is -0.494 e. The van der Waals surface area contributed by atoms with Crippen LogP contribution in [0.1, 0.15) is 200 Å². The molecule has 0 saturated carbocycles. The summed E-state index contributed by atoms with van der Waals surface area (Å²) < 4.78 is 34.4. The Labute approximate surface area is 430 Å². The van der Waals surface area contributed by atoms with Crippen LogP contribution < -0.4 is 18.9 Å². The number of hydrogen-bond donors (Lipinski definition) is 0. The highest BCUT2D eigenvalue weighted by molar-refractivity contribution is 5.91. The highest BCUT2D eigenvalue weighted by Gasteiger charge is 2.12. The van der Waals surface area contributed by atoms with Crippen molar-refractivity contribution in [2.75, 3.05) is 39.6 Å². The third kappa shape index (κ3) is 28.6. The molecular weight excluding hydrogens is 885 g/mol. The van der Waals surface area contributed by atoms with Crippen LogP contribution in [0, 0.1) is 0 Å². The maximum Gasteiger partial charge on any atom is 0.317 e. The predicted molar refractivity (Wildman–Crippen MR) is 293 cm³/mol. The molecule has 0 aliphatic carbocycles. The van der Waals surface area contributed by atoms with Gasteiger partial charge < -0.3 is 28.4 Å². The number of benzene rings is 4. The van der Waals surface area contributed by atoms with E-state index in [1.54, 1.807) is 0 Å². The largest absolute Gasteiger partial charge is 0.494 e. The second-order valence-electron chi connectivity index (χ2n) is 19.3. The van der Waals surface area contributed by atoms with Gasteiger partial charge in [-0.2, -0.15) is 0 Å². The van der Waals surface area contributed by atoms with E-state index in [0.29, 0.717) is 13.2 Å². The molecule has 0 bridgehead atoms. The molecule has 0 aromatic heterocycles. The van der Waals surface area contributed by atoms with Crippen molar-refractivity contribution in [3.8, 4) is 45.3 Å². The highest BCUT2D eigenvalue weighted by atomic mass is 16.6. The van der Waals surface area contributed by atoms with Crippen LogP contribution in [0.2, 0.25) is 0 Å². The molecular formula is C63H92O8. The van der Waals surface area contributed by atoms with Gasteiger partial charge in [0, 0.05) is 0 Å². The zero-order valence-corrected chi connectivity index (χ0v) is 44.3. The van der Waals surface area contributed by atoms with Gasteiger partial charge >= 0.3 is 11.9 Å². The molecule has 8 nitrogen and oxygen atoms in total. The molecule has 0 atom stereocenters. The monoisotopic (exact) mass is 977 g/mol. The van der Waals surface area contributed by atoms with Crippen LogP contribution in [0.3, 0.4) is 0 Å². The Kier molecular flexibility index (Phi) is 32.7. The Balaban J connectivity index is 0.858. The molecule has 0 unspecified atom stereocenters. The number of rotatable bonds is 44. The van der Waals surface area contributed by atoms with Crippen LogP contribution in [-0.4, -0.2) is 51.6 Å². The van der Waals surface area contributed by atoms with E-state index in [-0.39, 0.29) is 6.42 Å². The minimum absolute atomic E-state index is 0.307. The van der Waals surface area contributed by atoms with Crippen LogP contribution in [-0.2, 0) is 19.1 Å². The molecule has 0 saturated heterocycles. The van der Waals surface area contributed by atoms with E-state index in [9.17, 15) is 9.59 Å². The second kappa shape index (κ2) is 39.6. The molecule has 4 aromatic carbocycles. The molecule has 0 amide bonds. The molecule has 4 rings (SSSR count). The van der Waals surface area contributed by atoms with Crippen LogP contribution in [0.25, 0.3) is 22.3 Å². The molecule has 0 aliphatic heterocycles. The van der Waals surface area contributed by atoms with Crippen molar-refractivity contribution >= 4 is 11.9 Å².